The van der Waals surface area contributed by atoms with Gasteiger partial charge in [-0.2, -0.15) is 0 Å². The molecule has 6 heteroatoms. The first-order valence-electron chi connectivity index (χ1n) is 30.7. The van der Waals surface area contributed by atoms with Crippen molar-refractivity contribution < 1.29 is 28.5 Å². The number of hydrogen-bond donors (Lipinski definition) is 0. The molecule has 0 saturated carbocycles. The lowest BCUT2D eigenvalue weighted by Crippen LogP contribution is -2.30. The molecule has 0 saturated heterocycles. The van der Waals surface area contributed by atoms with Gasteiger partial charge in [-0.15, -0.1) is 0 Å². The molecule has 0 spiro atoms. The molecule has 0 fully saturated rings. The second-order valence-corrected chi connectivity index (χ2v) is 20.9. The van der Waals surface area contributed by atoms with Crippen molar-refractivity contribution in [3.63, 3.8) is 0 Å². The quantitative estimate of drug-likeness (QED) is 0.0447. The molecule has 0 atom stereocenters. The smallest absolute Gasteiger partial charge is 0.270 e. The fourth-order valence-electron chi connectivity index (χ4n) is 9.61. The third kappa shape index (κ3) is 37.8. The molecule has 0 amide bonds. The highest BCUT2D eigenvalue weighted by molar-refractivity contribution is 6.22. The summed E-state index contributed by atoms with van der Waals surface area (Å²) in [5, 5.41) is 0. The summed E-state index contributed by atoms with van der Waals surface area (Å²) in [5.41, 5.74) is 0. The minimum Gasteiger partial charge on any atom is -0.486 e. The van der Waals surface area contributed by atoms with E-state index in [1.165, 1.54) is 231 Å². The summed E-state index contributed by atoms with van der Waals surface area (Å²) < 4.78 is 25.1. The van der Waals surface area contributed by atoms with E-state index in [2.05, 4.69) is 27.7 Å². The van der Waals surface area contributed by atoms with Crippen molar-refractivity contribution in [1.82, 2.24) is 0 Å². The van der Waals surface area contributed by atoms with Gasteiger partial charge in [0.05, 0.1) is 26.4 Å². The van der Waals surface area contributed by atoms with Gasteiger partial charge >= 0.3 is 0 Å². The Morgan fingerprint density at radius 1 is 0.191 bits per heavy atom. The van der Waals surface area contributed by atoms with E-state index in [1.807, 2.05) is 0 Å². The van der Waals surface area contributed by atoms with Crippen molar-refractivity contribution in [2.75, 3.05) is 26.4 Å². The third-order valence-corrected chi connectivity index (χ3v) is 14.2. The second kappa shape index (κ2) is 51.4. The molecule has 0 heterocycles. The highest BCUT2D eigenvalue weighted by atomic mass is 16.5. The van der Waals surface area contributed by atoms with E-state index in [4.69, 9.17) is 18.9 Å². The SMILES string of the molecule is CCCCCCCCCCCCCCOC1=C(OCCCCCCCCCCCCCC)C(=O)C(OCCCCCCCCCCCCCC)=C(OCCCCCCCCCCCCCC)C1=O. The zero-order valence-corrected chi connectivity index (χ0v) is 46.2. The molecule has 400 valence electrons. The second-order valence-electron chi connectivity index (χ2n) is 20.9. The van der Waals surface area contributed by atoms with Gasteiger partial charge in [-0.1, -0.05) is 310 Å². The Morgan fingerprint density at radius 3 is 0.441 bits per heavy atom. The molecule has 0 aromatic heterocycles. The van der Waals surface area contributed by atoms with E-state index in [9.17, 15) is 9.59 Å². The maximum atomic E-state index is 14.4. The maximum absolute atomic E-state index is 14.4. The molecule has 0 unspecified atom stereocenters. The van der Waals surface area contributed by atoms with Crippen LogP contribution in [0.1, 0.15) is 336 Å². The van der Waals surface area contributed by atoms with Crippen LogP contribution in [-0.4, -0.2) is 38.0 Å². The molecule has 0 aromatic carbocycles. The highest BCUT2D eigenvalue weighted by Gasteiger charge is 2.40. The fourth-order valence-corrected chi connectivity index (χ4v) is 9.61. The number of hydrogen-bond acceptors (Lipinski definition) is 6. The summed E-state index contributed by atoms with van der Waals surface area (Å²) in [6, 6.07) is 0. The minimum atomic E-state index is -0.392. The highest BCUT2D eigenvalue weighted by Crippen LogP contribution is 2.30. The van der Waals surface area contributed by atoms with Crippen molar-refractivity contribution in [3.8, 4) is 0 Å². The van der Waals surface area contributed by atoms with Gasteiger partial charge < -0.3 is 18.9 Å². The topological polar surface area (TPSA) is 71.1 Å². The summed E-state index contributed by atoms with van der Waals surface area (Å²) in [6.45, 7) is 10.7. The van der Waals surface area contributed by atoms with Crippen molar-refractivity contribution in [2.24, 2.45) is 0 Å². The van der Waals surface area contributed by atoms with Crippen molar-refractivity contribution in [2.45, 2.75) is 336 Å². The van der Waals surface area contributed by atoms with Gasteiger partial charge in [-0.05, 0) is 25.7 Å². The lowest BCUT2D eigenvalue weighted by Gasteiger charge is -2.24. The van der Waals surface area contributed by atoms with Gasteiger partial charge in [-0.25, -0.2) is 0 Å². The Balaban J connectivity index is 2.84. The lowest BCUT2D eigenvalue weighted by molar-refractivity contribution is -0.127. The Bertz CT molecular complexity index is 1000. The van der Waals surface area contributed by atoms with E-state index in [0.29, 0.717) is 26.4 Å². The Morgan fingerprint density at radius 2 is 0.309 bits per heavy atom. The van der Waals surface area contributed by atoms with Crippen molar-refractivity contribution >= 4 is 11.6 Å². The van der Waals surface area contributed by atoms with Gasteiger partial charge in [0.1, 0.15) is 0 Å². The maximum Gasteiger partial charge on any atom is 0.270 e. The molecule has 1 aliphatic carbocycles. The molecule has 0 N–H and O–H groups in total. The summed E-state index contributed by atoms with van der Waals surface area (Å²) in [5.74, 6) is -0.675. The summed E-state index contributed by atoms with van der Waals surface area (Å²) in [7, 11) is 0. The van der Waals surface area contributed by atoms with Crippen molar-refractivity contribution in [1.29, 1.82) is 0 Å². The van der Waals surface area contributed by atoms with Crippen LogP contribution in [0.4, 0.5) is 0 Å². The standard InChI is InChI=1S/C62H116O6/c1-5-9-13-17-21-25-29-33-37-41-45-49-53-65-59-57(63)61(67-55-51-47-43-39-35-31-27-23-19-15-11-7-3)62(68-56-52-48-44-40-36-32-28-24-20-16-12-8-4)58(64)60(59)66-54-50-46-42-38-34-30-26-22-18-14-10-6-2/h5-56H2,1-4H3. The number of ketones is 2. The molecule has 0 radical (unpaired) electrons. The Kier molecular flexibility index (Phi) is 48.4. The van der Waals surface area contributed by atoms with E-state index < -0.39 is 11.6 Å². The monoisotopic (exact) mass is 957 g/mol. The number of carbonyl (C=O) groups excluding carboxylic acids is 2. The van der Waals surface area contributed by atoms with E-state index in [0.717, 1.165) is 77.0 Å². The molecule has 1 aliphatic rings. The van der Waals surface area contributed by atoms with Gasteiger partial charge in [0.2, 0.25) is 23.0 Å². The normalized spacial score (nSPS) is 13.1. The summed E-state index contributed by atoms with van der Waals surface area (Å²) in [4.78, 5) is 28.8. The molecule has 0 aliphatic heterocycles. The van der Waals surface area contributed by atoms with Gasteiger partial charge in [0, 0.05) is 0 Å². The zero-order valence-electron chi connectivity index (χ0n) is 46.2. The molecule has 0 aromatic rings. The lowest BCUT2D eigenvalue weighted by atomic mass is 10.0. The summed E-state index contributed by atoms with van der Waals surface area (Å²) in [6.07, 6.45) is 60.2. The average Bonchev–Trinajstić information content (AvgIpc) is 3.34. The largest absolute Gasteiger partial charge is 0.486 e. The predicted molar refractivity (Wildman–Crippen MR) is 292 cm³/mol. The summed E-state index contributed by atoms with van der Waals surface area (Å²) >= 11 is 0. The molecule has 68 heavy (non-hydrogen) atoms. The first kappa shape index (κ1) is 64.0. The van der Waals surface area contributed by atoms with Gasteiger partial charge in [0.15, 0.2) is 0 Å². The third-order valence-electron chi connectivity index (χ3n) is 14.2. The van der Waals surface area contributed by atoms with Crippen LogP contribution in [0, 0.1) is 0 Å². The fraction of sp³-hybridized carbons (Fsp3) is 0.903. The molecular weight excluding hydrogens is 841 g/mol. The molecular formula is C62H116O6. The number of carbonyl (C=O) groups is 2. The predicted octanol–water partition coefficient (Wildman–Crippen LogP) is 20.4. The van der Waals surface area contributed by atoms with Gasteiger partial charge in [0.25, 0.3) is 11.6 Å². The molecule has 6 nitrogen and oxygen atoms in total. The van der Waals surface area contributed by atoms with Crippen LogP contribution >= 0.6 is 0 Å². The van der Waals surface area contributed by atoms with Crippen LogP contribution in [0.25, 0.3) is 0 Å². The van der Waals surface area contributed by atoms with Crippen LogP contribution in [0.5, 0.6) is 0 Å². The Labute approximate surface area is 423 Å². The van der Waals surface area contributed by atoms with Crippen LogP contribution in [0.15, 0.2) is 23.0 Å². The van der Waals surface area contributed by atoms with Crippen molar-refractivity contribution in [3.05, 3.63) is 23.0 Å². The van der Waals surface area contributed by atoms with Crippen LogP contribution in [0.3, 0.4) is 0 Å². The first-order valence-corrected chi connectivity index (χ1v) is 30.7. The Hall–Kier alpha value is -1.98. The zero-order chi connectivity index (χ0) is 49.1. The average molecular weight is 958 g/mol. The van der Waals surface area contributed by atoms with Crippen LogP contribution < -0.4 is 0 Å². The van der Waals surface area contributed by atoms with Crippen LogP contribution in [-0.2, 0) is 28.5 Å². The number of ether oxygens (including phenoxy) is 4. The number of rotatable bonds is 56. The van der Waals surface area contributed by atoms with E-state index in [-0.39, 0.29) is 23.0 Å². The number of Topliss-reactive ketones (excluding diaryl/α,β-unsaturated/α-hetero) is 2. The van der Waals surface area contributed by atoms with Gasteiger partial charge in [-0.3, -0.25) is 9.59 Å². The van der Waals surface area contributed by atoms with E-state index in [1.54, 1.807) is 0 Å². The molecule has 1 rings (SSSR count). The van der Waals surface area contributed by atoms with E-state index >= 15 is 0 Å². The molecule has 0 bridgehead atoms. The minimum absolute atomic E-state index is 0.0272. The van der Waals surface area contributed by atoms with Crippen LogP contribution in [0.2, 0.25) is 0 Å². The first-order chi connectivity index (χ1) is 33.6. The number of unbranched alkanes of at least 4 members (excludes halogenated alkanes) is 44.